The van der Waals surface area contributed by atoms with E-state index in [0.717, 1.165) is 38.7 Å². The first kappa shape index (κ1) is 18.6. The molecule has 1 aliphatic heterocycles. The Bertz CT molecular complexity index is 533. The van der Waals surface area contributed by atoms with Gasteiger partial charge in [-0.05, 0) is 23.4 Å². The number of amides is 1. The second-order valence-electron chi connectivity index (χ2n) is 6.63. The van der Waals surface area contributed by atoms with Crippen molar-refractivity contribution < 1.29 is 4.79 Å². The topological polar surface area (TPSA) is 51.2 Å². The number of rotatable bonds is 5. The van der Waals surface area contributed by atoms with Crippen molar-refractivity contribution in [1.29, 1.82) is 0 Å². The largest absolute Gasteiger partial charge is 0.360 e. The minimum absolute atomic E-state index is 0.0241. The molecule has 0 aliphatic carbocycles. The lowest BCUT2D eigenvalue weighted by Crippen LogP contribution is -2.53. The number of likely N-dealkylation sites (N-methyl/N-ethyl adjacent to an activating group) is 1. The monoisotopic (exact) mass is 351 g/mol. The number of hydrogen-bond donors (Lipinski definition) is 1. The van der Waals surface area contributed by atoms with Crippen LogP contribution < -0.4 is 10.2 Å². The summed E-state index contributed by atoms with van der Waals surface area (Å²) in [6.07, 6.45) is 0. The van der Waals surface area contributed by atoms with E-state index in [1.54, 1.807) is 30.3 Å². The lowest BCUT2D eigenvalue weighted by Gasteiger charge is -2.37. The number of thiophene rings is 1. The second kappa shape index (κ2) is 8.92. The molecule has 7 heteroatoms. The first-order valence-corrected chi connectivity index (χ1v) is 9.37. The molecule has 134 valence electrons. The SMILES string of the molecule is CC(C)CNC(=NCC(=O)N(C)C)N1CCN(c2cccs2)CC1. The van der Waals surface area contributed by atoms with Crippen molar-refractivity contribution in [3.63, 3.8) is 0 Å². The third-order valence-corrected chi connectivity index (χ3v) is 4.86. The summed E-state index contributed by atoms with van der Waals surface area (Å²) < 4.78 is 0. The summed E-state index contributed by atoms with van der Waals surface area (Å²) in [6.45, 7) is 9.18. The fourth-order valence-corrected chi connectivity index (χ4v) is 3.22. The smallest absolute Gasteiger partial charge is 0.243 e. The van der Waals surface area contributed by atoms with Crippen LogP contribution in [-0.4, -0.2) is 75.0 Å². The number of anilines is 1. The predicted octanol–water partition coefficient (Wildman–Crippen LogP) is 1.56. The summed E-state index contributed by atoms with van der Waals surface area (Å²) in [5, 5.41) is 6.86. The Morgan fingerprint density at radius 3 is 2.58 bits per heavy atom. The van der Waals surface area contributed by atoms with Gasteiger partial charge in [0.1, 0.15) is 6.54 Å². The lowest BCUT2D eigenvalue weighted by molar-refractivity contribution is -0.127. The van der Waals surface area contributed by atoms with Crippen molar-refractivity contribution >= 4 is 28.2 Å². The highest BCUT2D eigenvalue weighted by Crippen LogP contribution is 2.22. The summed E-state index contributed by atoms with van der Waals surface area (Å²) in [4.78, 5) is 22.6. The molecular formula is C17H29N5OS. The Morgan fingerprint density at radius 2 is 2.04 bits per heavy atom. The predicted molar refractivity (Wildman–Crippen MR) is 102 cm³/mol. The molecule has 24 heavy (non-hydrogen) atoms. The standard InChI is InChI=1S/C17H29N5OS/c1-14(2)12-18-17(19-13-15(23)20(3)4)22-9-7-21(8-10-22)16-6-5-11-24-16/h5-6,11,14H,7-10,12-13H2,1-4H3,(H,18,19). The molecule has 1 amide bonds. The lowest BCUT2D eigenvalue weighted by atomic mass is 10.2. The van der Waals surface area contributed by atoms with Gasteiger partial charge in [-0.2, -0.15) is 0 Å². The van der Waals surface area contributed by atoms with Crippen molar-refractivity contribution in [2.75, 3.05) is 58.3 Å². The van der Waals surface area contributed by atoms with E-state index in [9.17, 15) is 4.79 Å². The van der Waals surface area contributed by atoms with E-state index in [-0.39, 0.29) is 12.5 Å². The van der Waals surface area contributed by atoms with Crippen LogP contribution in [0.15, 0.2) is 22.5 Å². The Balaban J connectivity index is 1.96. The van der Waals surface area contributed by atoms with Gasteiger partial charge in [-0.25, -0.2) is 4.99 Å². The number of nitrogens with one attached hydrogen (secondary N) is 1. The van der Waals surface area contributed by atoms with Crippen LogP contribution in [0, 0.1) is 5.92 Å². The third kappa shape index (κ3) is 5.40. The van der Waals surface area contributed by atoms with Crippen LogP contribution in [0.3, 0.4) is 0 Å². The van der Waals surface area contributed by atoms with Crippen molar-refractivity contribution in [3.8, 4) is 0 Å². The number of aliphatic imine (C=N–C) groups is 1. The molecule has 0 atom stereocenters. The van der Waals surface area contributed by atoms with Crippen molar-refractivity contribution in [2.24, 2.45) is 10.9 Å². The molecule has 1 aromatic heterocycles. The fraction of sp³-hybridized carbons (Fsp3) is 0.647. The van der Waals surface area contributed by atoms with Crippen LogP contribution in [0.5, 0.6) is 0 Å². The van der Waals surface area contributed by atoms with E-state index in [0.29, 0.717) is 5.92 Å². The van der Waals surface area contributed by atoms with Crippen LogP contribution >= 0.6 is 11.3 Å². The van der Waals surface area contributed by atoms with Gasteiger partial charge in [0.2, 0.25) is 5.91 Å². The molecule has 0 spiro atoms. The molecule has 1 aliphatic rings. The van der Waals surface area contributed by atoms with Crippen LogP contribution in [0.2, 0.25) is 0 Å². The number of guanidine groups is 1. The molecule has 1 saturated heterocycles. The zero-order chi connectivity index (χ0) is 17.5. The number of carbonyl (C=O) groups excluding carboxylic acids is 1. The van der Waals surface area contributed by atoms with Gasteiger partial charge >= 0.3 is 0 Å². The second-order valence-corrected chi connectivity index (χ2v) is 7.55. The molecule has 1 aromatic rings. The van der Waals surface area contributed by atoms with Gasteiger partial charge in [0.05, 0.1) is 5.00 Å². The van der Waals surface area contributed by atoms with Crippen molar-refractivity contribution in [2.45, 2.75) is 13.8 Å². The summed E-state index contributed by atoms with van der Waals surface area (Å²) in [5.41, 5.74) is 0. The minimum Gasteiger partial charge on any atom is -0.360 e. The average Bonchev–Trinajstić information content (AvgIpc) is 3.09. The van der Waals surface area contributed by atoms with Crippen LogP contribution in [0.25, 0.3) is 0 Å². The summed E-state index contributed by atoms with van der Waals surface area (Å²) in [6, 6.07) is 4.26. The molecule has 6 nitrogen and oxygen atoms in total. The van der Waals surface area contributed by atoms with E-state index in [1.807, 2.05) is 0 Å². The van der Waals surface area contributed by atoms with E-state index in [4.69, 9.17) is 0 Å². The third-order valence-electron chi connectivity index (χ3n) is 3.93. The molecule has 1 N–H and O–H groups in total. The maximum absolute atomic E-state index is 11.8. The zero-order valence-corrected chi connectivity index (χ0v) is 16.0. The van der Waals surface area contributed by atoms with Crippen LogP contribution in [0.1, 0.15) is 13.8 Å². The summed E-state index contributed by atoms with van der Waals surface area (Å²) >= 11 is 1.78. The van der Waals surface area contributed by atoms with Gasteiger partial charge in [0, 0.05) is 46.8 Å². The molecule has 2 rings (SSSR count). The van der Waals surface area contributed by atoms with E-state index < -0.39 is 0 Å². The normalized spacial score (nSPS) is 15.8. The van der Waals surface area contributed by atoms with Crippen molar-refractivity contribution in [1.82, 2.24) is 15.1 Å². The van der Waals surface area contributed by atoms with Gasteiger partial charge < -0.3 is 20.0 Å². The first-order valence-electron chi connectivity index (χ1n) is 8.49. The Kier molecular flexibility index (Phi) is 6.90. The fourth-order valence-electron chi connectivity index (χ4n) is 2.44. The molecule has 1 fully saturated rings. The van der Waals surface area contributed by atoms with Gasteiger partial charge in [0.15, 0.2) is 5.96 Å². The van der Waals surface area contributed by atoms with Crippen molar-refractivity contribution in [3.05, 3.63) is 17.5 Å². The van der Waals surface area contributed by atoms with E-state index >= 15 is 0 Å². The Hall–Kier alpha value is -1.76. The van der Waals surface area contributed by atoms with Gasteiger partial charge in [-0.15, -0.1) is 11.3 Å². The van der Waals surface area contributed by atoms with Gasteiger partial charge in [-0.1, -0.05) is 13.8 Å². The molecule has 0 unspecified atom stereocenters. The Morgan fingerprint density at radius 1 is 1.33 bits per heavy atom. The molecular weight excluding hydrogens is 322 g/mol. The summed E-state index contributed by atoms with van der Waals surface area (Å²) in [7, 11) is 3.53. The van der Waals surface area contributed by atoms with Gasteiger partial charge in [0.25, 0.3) is 0 Å². The number of nitrogens with zero attached hydrogens (tertiary/aromatic N) is 4. The highest BCUT2D eigenvalue weighted by molar-refractivity contribution is 7.14. The van der Waals surface area contributed by atoms with E-state index in [2.05, 4.69) is 51.5 Å². The first-order chi connectivity index (χ1) is 11.5. The van der Waals surface area contributed by atoms with Crippen LogP contribution in [-0.2, 0) is 4.79 Å². The Labute approximate surface area is 149 Å². The van der Waals surface area contributed by atoms with E-state index in [1.165, 1.54) is 5.00 Å². The number of carbonyl (C=O) groups is 1. The minimum atomic E-state index is 0.0241. The summed E-state index contributed by atoms with van der Waals surface area (Å²) in [5.74, 6) is 1.41. The molecule has 0 bridgehead atoms. The quantitative estimate of drug-likeness (QED) is 0.646. The molecule has 2 heterocycles. The maximum Gasteiger partial charge on any atom is 0.243 e. The highest BCUT2D eigenvalue weighted by Gasteiger charge is 2.21. The molecule has 0 saturated carbocycles. The molecule has 0 aromatic carbocycles. The molecule has 0 radical (unpaired) electrons. The number of piperazine rings is 1. The van der Waals surface area contributed by atoms with Gasteiger partial charge in [-0.3, -0.25) is 4.79 Å². The number of hydrogen-bond acceptors (Lipinski definition) is 4. The maximum atomic E-state index is 11.8. The van der Waals surface area contributed by atoms with Crippen LogP contribution in [0.4, 0.5) is 5.00 Å². The average molecular weight is 352 g/mol. The zero-order valence-electron chi connectivity index (χ0n) is 15.2. The highest BCUT2D eigenvalue weighted by atomic mass is 32.1.